The number of nitrogens with one attached hydrogen (secondary N) is 1. The summed E-state index contributed by atoms with van der Waals surface area (Å²) in [4.78, 5) is 12.6. The molecule has 35 heavy (non-hydrogen) atoms. The van der Waals surface area contributed by atoms with Crippen molar-refractivity contribution in [1.82, 2.24) is 5.43 Å². The van der Waals surface area contributed by atoms with Crippen molar-refractivity contribution in [1.29, 1.82) is 0 Å². The molecule has 11 heteroatoms. The zero-order valence-electron chi connectivity index (χ0n) is 19.3. The Hall–Kier alpha value is -4.25. The molecule has 0 unspecified atom stereocenters. The topological polar surface area (TPSA) is 127 Å². The smallest absolute Gasteiger partial charge is 0.264 e. The zero-order valence-corrected chi connectivity index (χ0v) is 20.2. The normalized spacial score (nSPS) is 11.2. The van der Waals surface area contributed by atoms with Crippen LogP contribution < -0.4 is 23.9 Å². The van der Waals surface area contributed by atoms with Crippen LogP contribution >= 0.6 is 0 Å². The lowest BCUT2D eigenvalue weighted by atomic mass is 10.2. The Morgan fingerprint density at radius 3 is 2.20 bits per heavy atom. The number of nitrogens with zero attached hydrogens (tertiary/aromatic N) is 2. The maximum Gasteiger partial charge on any atom is 0.264 e. The second-order valence-corrected chi connectivity index (χ2v) is 8.97. The Morgan fingerprint density at radius 2 is 1.60 bits per heavy atom. The maximum atomic E-state index is 13.6. The minimum atomic E-state index is -4.19. The summed E-state index contributed by atoms with van der Waals surface area (Å²) in [7, 11) is 0.142. The number of amides is 1. The SMILES string of the molecule is COc1ccc(N(CC(=O)N/N=C/c2ccc(O)cc2)S(=O)(=O)c2ccc(OC)c(OC)c2)cc1. The molecular weight excluding hydrogens is 474 g/mol. The van der Waals surface area contributed by atoms with Crippen molar-refractivity contribution < 1.29 is 32.5 Å². The van der Waals surface area contributed by atoms with E-state index in [1.165, 1.54) is 70.0 Å². The number of hydrogen-bond donors (Lipinski definition) is 2. The Kier molecular flexibility index (Phi) is 8.16. The van der Waals surface area contributed by atoms with Crippen LogP contribution in [0.1, 0.15) is 5.56 Å². The van der Waals surface area contributed by atoms with Crippen LogP contribution in [0.5, 0.6) is 23.0 Å². The van der Waals surface area contributed by atoms with Gasteiger partial charge in [0.15, 0.2) is 11.5 Å². The van der Waals surface area contributed by atoms with Gasteiger partial charge in [0.1, 0.15) is 18.0 Å². The number of anilines is 1. The zero-order chi connectivity index (χ0) is 25.4. The third-order valence-electron chi connectivity index (χ3n) is 4.89. The fourth-order valence-electron chi connectivity index (χ4n) is 3.07. The molecule has 2 N–H and O–H groups in total. The van der Waals surface area contributed by atoms with E-state index in [9.17, 15) is 18.3 Å². The largest absolute Gasteiger partial charge is 0.508 e. The van der Waals surface area contributed by atoms with E-state index >= 15 is 0 Å². The van der Waals surface area contributed by atoms with Crippen LogP contribution in [0.3, 0.4) is 0 Å². The molecule has 3 aromatic carbocycles. The second-order valence-electron chi connectivity index (χ2n) is 7.11. The van der Waals surface area contributed by atoms with E-state index in [2.05, 4.69) is 10.5 Å². The number of benzene rings is 3. The number of methoxy groups -OCH3 is 3. The van der Waals surface area contributed by atoms with E-state index in [1.807, 2.05) is 0 Å². The number of sulfonamides is 1. The van der Waals surface area contributed by atoms with E-state index < -0.39 is 22.5 Å². The van der Waals surface area contributed by atoms with Gasteiger partial charge in [-0.05, 0) is 66.2 Å². The predicted octanol–water partition coefficient (Wildman–Crippen LogP) is 2.76. The Balaban J connectivity index is 1.90. The van der Waals surface area contributed by atoms with Crippen LogP contribution in [-0.2, 0) is 14.8 Å². The first-order chi connectivity index (χ1) is 16.8. The fraction of sp³-hybridized carbons (Fsp3) is 0.167. The maximum absolute atomic E-state index is 13.6. The molecule has 0 aliphatic carbocycles. The van der Waals surface area contributed by atoms with Gasteiger partial charge < -0.3 is 19.3 Å². The van der Waals surface area contributed by atoms with Crippen molar-refractivity contribution in [3.8, 4) is 23.0 Å². The van der Waals surface area contributed by atoms with Crippen molar-refractivity contribution >= 4 is 27.8 Å². The Morgan fingerprint density at radius 1 is 0.943 bits per heavy atom. The van der Waals surface area contributed by atoms with Crippen molar-refractivity contribution in [3.63, 3.8) is 0 Å². The van der Waals surface area contributed by atoms with Gasteiger partial charge in [-0.3, -0.25) is 9.10 Å². The molecule has 0 aliphatic rings. The molecule has 0 saturated carbocycles. The van der Waals surface area contributed by atoms with E-state index in [4.69, 9.17) is 14.2 Å². The average Bonchev–Trinajstić information content (AvgIpc) is 2.88. The average molecular weight is 500 g/mol. The Labute approximate surface area is 203 Å². The van der Waals surface area contributed by atoms with Crippen molar-refractivity contribution in [2.45, 2.75) is 4.90 Å². The van der Waals surface area contributed by atoms with Crippen LogP contribution in [0.25, 0.3) is 0 Å². The number of phenolic OH excluding ortho intramolecular Hbond substituents is 1. The van der Waals surface area contributed by atoms with Crippen LogP contribution in [-0.4, -0.2) is 53.5 Å². The highest BCUT2D eigenvalue weighted by atomic mass is 32.2. The van der Waals surface area contributed by atoms with E-state index in [0.29, 0.717) is 17.1 Å². The molecule has 0 aliphatic heterocycles. The summed E-state index contributed by atoms with van der Waals surface area (Å²) < 4.78 is 43.7. The van der Waals surface area contributed by atoms with Gasteiger partial charge in [-0.1, -0.05) is 0 Å². The number of aromatic hydroxyl groups is 1. The summed E-state index contributed by atoms with van der Waals surface area (Å²) in [6.07, 6.45) is 1.37. The summed E-state index contributed by atoms with van der Waals surface area (Å²) in [5, 5.41) is 13.2. The third kappa shape index (κ3) is 6.21. The van der Waals surface area contributed by atoms with Gasteiger partial charge in [0, 0.05) is 6.07 Å². The number of carbonyl (C=O) groups excluding carboxylic acids is 1. The molecule has 0 saturated heterocycles. The standard InChI is InChI=1S/C24H25N3O7S/c1-32-20-10-6-18(7-11-20)27(16-24(29)26-25-15-17-4-8-19(28)9-5-17)35(30,31)21-12-13-22(33-2)23(14-21)34-3/h4-15,28H,16H2,1-3H3,(H,26,29)/b25-15+. The molecule has 0 bridgehead atoms. The number of hydrogen-bond acceptors (Lipinski definition) is 8. The number of hydrazone groups is 1. The van der Waals surface area contributed by atoms with Crippen molar-refractivity contribution in [2.24, 2.45) is 5.10 Å². The molecule has 0 radical (unpaired) electrons. The molecule has 3 rings (SSSR count). The first-order valence-electron chi connectivity index (χ1n) is 10.3. The first-order valence-corrected chi connectivity index (χ1v) is 11.7. The summed E-state index contributed by atoms with van der Waals surface area (Å²) in [6.45, 7) is -0.546. The molecule has 0 fully saturated rings. The van der Waals surface area contributed by atoms with Gasteiger partial charge in [-0.25, -0.2) is 13.8 Å². The summed E-state index contributed by atoms with van der Waals surface area (Å²) in [5.74, 6) is 0.553. The lowest BCUT2D eigenvalue weighted by Gasteiger charge is -2.24. The quantitative estimate of drug-likeness (QED) is 0.324. The summed E-state index contributed by atoms with van der Waals surface area (Å²) >= 11 is 0. The first kappa shape index (κ1) is 25.4. The molecule has 3 aromatic rings. The minimum Gasteiger partial charge on any atom is -0.508 e. The van der Waals surface area contributed by atoms with E-state index in [1.54, 1.807) is 24.3 Å². The Bertz CT molecular complexity index is 1290. The highest BCUT2D eigenvalue weighted by Gasteiger charge is 2.28. The number of phenols is 1. The van der Waals surface area contributed by atoms with Crippen molar-refractivity contribution in [2.75, 3.05) is 32.2 Å². The van der Waals surface area contributed by atoms with Crippen molar-refractivity contribution in [3.05, 3.63) is 72.3 Å². The molecule has 10 nitrogen and oxygen atoms in total. The van der Waals surface area contributed by atoms with Crippen LogP contribution in [0, 0.1) is 0 Å². The van der Waals surface area contributed by atoms with Crippen LogP contribution in [0.15, 0.2) is 76.7 Å². The molecule has 0 aromatic heterocycles. The highest BCUT2D eigenvalue weighted by molar-refractivity contribution is 7.92. The molecule has 184 valence electrons. The summed E-state index contributed by atoms with van der Waals surface area (Å²) in [6, 6.07) is 16.6. The summed E-state index contributed by atoms with van der Waals surface area (Å²) in [5.41, 5.74) is 3.21. The molecule has 0 heterocycles. The van der Waals surface area contributed by atoms with Gasteiger partial charge in [0.05, 0.1) is 38.1 Å². The predicted molar refractivity (Wildman–Crippen MR) is 131 cm³/mol. The highest BCUT2D eigenvalue weighted by Crippen LogP contribution is 2.32. The molecular formula is C24H25N3O7S. The van der Waals surface area contributed by atoms with Gasteiger partial charge in [-0.15, -0.1) is 0 Å². The van der Waals surface area contributed by atoms with Crippen LogP contribution in [0.4, 0.5) is 5.69 Å². The lowest BCUT2D eigenvalue weighted by molar-refractivity contribution is -0.119. The van der Waals surface area contributed by atoms with Gasteiger partial charge in [0.25, 0.3) is 15.9 Å². The second kappa shape index (κ2) is 11.3. The minimum absolute atomic E-state index is 0.0913. The third-order valence-corrected chi connectivity index (χ3v) is 6.66. The number of ether oxygens (including phenoxy) is 3. The van der Waals surface area contributed by atoms with Crippen LogP contribution in [0.2, 0.25) is 0 Å². The van der Waals surface area contributed by atoms with E-state index in [-0.39, 0.29) is 22.1 Å². The number of rotatable bonds is 10. The fourth-order valence-corrected chi connectivity index (χ4v) is 4.51. The van der Waals surface area contributed by atoms with Gasteiger partial charge in [-0.2, -0.15) is 5.10 Å². The van der Waals surface area contributed by atoms with E-state index in [0.717, 1.165) is 4.31 Å². The molecule has 1 amide bonds. The lowest BCUT2D eigenvalue weighted by Crippen LogP contribution is -2.39. The molecule has 0 spiro atoms. The monoisotopic (exact) mass is 499 g/mol. The van der Waals surface area contributed by atoms with Gasteiger partial charge in [0.2, 0.25) is 0 Å². The molecule has 0 atom stereocenters. The number of carbonyl (C=O) groups is 1. The van der Waals surface area contributed by atoms with Gasteiger partial charge >= 0.3 is 0 Å².